The Morgan fingerprint density at radius 3 is 2.25 bits per heavy atom. The summed E-state index contributed by atoms with van der Waals surface area (Å²) in [6.45, 7) is 0.604. The van der Waals surface area contributed by atoms with E-state index in [9.17, 15) is 9.59 Å². The van der Waals surface area contributed by atoms with Gasteiger partial charge in [0.1, 0.15) is 0 Å². The first-order valence-corrected chi connectivity index (χ1v) is 7.91. The number of hydrogen-bond acceptors (Lipinski definition) is 3. The molecule has 2 unspecified atom stereocenters. The zero-order valence-electron chi connectivity index (χ0n) is 12.1. The summed E-state index contributed by atoms with van der Waals surface area (Å²) in [5.41, 5.74) is 11.1. The van der Waals surface area contributed by atoms with Gasteiger partial charge >= 0.3 is 0 Å². The van der Waals surface area contributed by atoms with Crippen molar-refractivity contribution in [3.63, 3.8) is 0 Å². The van der Waals surface area contributed by atoms with Crippen LogP contribution in [0.5, 0.6) is 0 Å². The van der Waals surface area contributed by atoms with Gasteiger partial charge in [0.2, 0.25) is 11.8 Å². The van der Waals surface area contributed by atoms with Crippen molar-refractivity contribution in [1.29, 1.82) is 0 Å². The maximum atomic E-state index is 12.4. The second kappa shape index (κ2) is 7.07. The first-order chi connectivity index (χ1) is 9.61. The summed E-state index contributed by atoms with van der Waals surface area (Å²) in [7, 11) is 0. The third-order valence-electron chi connectivity index (χ3n) is 5.02. The van der Waals surface area contributed by atoms with Crippen molar-refractivity contribution >= 4 is 11.8 Å². The Bertz CT molecular complexity index is 351. The van der Waals surface area contributed by atoms with E-state index in [2.05, 4.69) is 5.32 Å². The summed E-state index contributed by atoms with van der Waals surface area (Å²) in [6, 6.07) is 0.207. The molecule has 2 rings (SSSR count). The van der Waals surface area contributed by atoms with Gasteiger partial charge in [-0.1, -0.05) is 12.8 Å². The third kappa shape index (κ3) is 3.72. The first kappa shape index (κ1) is 15.3. The number of amides is 2. The van der Waals surface area contributed by atoms with E-state index in [1.54, 1.807) is 0 Å². The molecule has 5 heteroatoms. The Kier molecular flexibility index (Phi) is 5.40. The lowest BCUT2D eigenvalue weighted by atomic mass is 9.78. The topological polar surface area (TPSA) is 98.2 Å². The summed E-state index contributed by atoms with van der Waals surface area (Å²) >= 11 is 0. The number of carbonyl (C=O) groups is 2. The van der Waals surface area contributed by atoms with Crippen LogP contribution in [0.1, 0.15) is 51.4 Å². The number of primary amides is 1. The molecule has 0 aromatic heterocycles. The molecule has 2 aliphatic carbocycles. The predicted octanol–water partition coefficient (Wildman–Crippen LogP) is 0.912. The van der Waals surface area contributed by atoms with Crippen LogP contribution in [-0.4, -0.2) is 24.4 Å². The summed E-state index contributed by atoms with van der Waals surface area (Å²) in [5.74, 6) is 0.385. The molecule has 2 aliphatic rings. The highest BCUT2D eigenvalue weighted by Gasteiger charge is 2.32. The molecule has 0 saturated heterocycles. The number of nitrogens with two attached hydrogens (primary N) is 2. The van der Waals surface area contributed by atoms with Crippen molar-refractivity contribution in [2.24, 2.45) is 29.2 Å². The molecule has 2 amide bonds. The number of nitrogens with one attached hydrogen (secondary N) is 1. The van der Waals surface area contributed by atoms with Gasteiger partial charge in [0.05, 0.1) is 0 Å². The van der Waals surface area contributed by atoms with Crippen LogP contribution in [0.2, 0.25) is 0 Å². The molecule has 0 heterocycles. The van der Waals surface area contributed by atoms with Crippen LogP contribution in [0.3, 0.4) is 0 Å². The second-order valence-electron chi connectivity index (χ2n) is 6.35. The Morgan fingerprint density at radius 1 is 1.00 bits per heavy atom. The van der Waals surface area contributed by atoms with Crippen molar-refractivity contribution in [3.8, 4) is 0 Å². The van der Waals surface area contributed by atoms with E-state index < -0.39 is 0 Å². The molecule has 0 bridgehead atoms. The Hall–Kier alpha value is -1.10. The molecule has 0 aromatic rings. The highest BCUT2D eigenvalue weighted by molar-refractivity contribution is 5.79. The van der Waals surface area contributed by atoms with Crippen LogP contribution in [0, 0.1) is 17.8 Å². The summed E-state index contributed by atoms with van der Waals surface area (Å²) in [4.78, 5) is 23.5. The summed E-state index contributed by atoms with van der Waals surface area (Å²) in [6.07, 6.45) is 7.67. The van der Waals surface area contributed by atoms with Crippen molar-refractivity contribution in [2.45, 2.75) is 57.4 Å². The molecule has 20 heavy (non-hydrogen) atoms. The van der Waals surface area contributed by atoms with E-state index in [4.69, 9.17) is 11.5 Å². The van der Waals surface area contributed by atoms with Gasteiger partial charge in [0.15, 0.2) is 0 Å². The Morgan fingerprint density at radius 2 is 1.65 bits per heavy atom. The minimum atomic E-state index is -0.203. The van der Waals surface area contributed by atoms with Crippen molar-refractivity contribution in [1.82, 2.24) is 5.32 Å². The molecule has 114 valence electrons. The molecule has 2 atom stereocenters. The monoisotopic (exact) mass is 281 g/mol. The number of rotatable bonds is 4. The molecular weight excluding hydrogens is 254 g/mol. The smallest absolute Gasteiger partial charge is 0.223 e. The quantitative estimate of drug-likeness (QED) is 0.714. The highest BCUT2D eigenvalue weighted by atomic mass is 16.2. The molecule has 2 fully saturated rings. The molecule has 0 aliphatic heterocycles. The molecule has 0 spiro atoms. The SMILES string of the molecule is NCC1CCCCC1C(=O)NC1CCC(C(N)=O)CC1. The van der Waals surface area contributed by atoms with E-state index in [0.29, 0.717) is 12.5 Å². The van der Waals surface area contributed by atoms with E-state index in [0.717, 1.165) is 44.9 Å². The van der Waals surface area contributed by atoms with Gasteiger partial charge in [0, 0.05) is 17.9 Å². The normalized spacial score (nSPS) is 34.5. The Labute approximate surface area is 120 Å². The maximum absolute atomic E-state index is 12.4. The molecule has 5 N–H and O–H groups in total. The van der Waals surface area contributed by atoms with Gasteiger partial charge in [-0.3, -0.25) is 9.59 Å². The largest absolute Gasteiger partial charge is 0.369 e. The predicted molar refractivity (Wildman–Crippen MR) is 77.6 cm³/mol. The fourth-order valence-corrected chi connectivity index (χ4v) is 3.67. The van der Waals surface area contributed by atoms with Gasteiger partial charge < -0.3 is 16.8 Å². The average Bonchev–Trinajstić information content (AvgIpc) is 2.47. The average molecular weight is 281 g/mol. The zero-order valence-corrected chi connectivity index (χ0v) is 12.1. The van der Waals surface area contributed by atoms with E-state index >= 15 is 0 Å². The van der Waals surface area contributed by atoms with Gasteiger partial charge in [0.25, 0.3) is 0 Å². The standard InChI is InChI=1S/C15H27N3O2/c16-9-11-3-1-2-4-13(11)15(20)18-12-7-5-10(6-8-12)14(17)19/h10-13H,1-9,16H2,(H2,17,19)(H,18,20). The lowest BCUT2D eigenvalue weighted by Crippen LogP contribution is -2.45. The van der Waals surface area contributed by atoms with E-state index in [1.807, 2.05) is 0 Å². The lowest BCUT2D eigenvalue weighted by molar-refractivity contribution is -0.128. The van der Waals surface area contributed by atoms with E-state index in [-0.39, 0.29) is 29.7 Å². The van der Waals surface area contributed by atoms with Crippen LogP contribution in [-0.2, 0) is 9.59 Å². The fourth-order valence-electron chi connectivity index (χ4n) is 3.67. The van der Waals surface area contributed by atoms with Crippen LogP contribution < -0.4 is 16.8 Å². The lowest BCUT2D eigenvalue weighted by Gasteiger charge is -2.33. The van der Waals surface area contributed by atoms with Gasteiger partial charge in [-0.25, -0.2) is 0 Å². The minimum Gasteiger partial charge on any atom is -0.369 e. The summed E-state index contributed by atoms with van der Waals surface area (Å²) in [5, 5.41) is 3.17. The Balaban J connectivity index is 1.81. The van der Waals surface area contributed by atoms with Gasteiger partial charge in [-0.2, -0.15) is 0 Å². The number of hydrogen-bond donors (Lipinski definition) is 3. The molecule has 5 nitrogen and oxygen atoms in total. The van der Waals surface area contributed by atoms with Crippen molar-refractivity contribution in [3.05, 3.63) is 0 Å². The fraction of sp³-hybridized carbons (Fsp3) is 0.867. The number of carbonyl (C=O) groups excluding carboxylic acids is 2. The van der Waals surface area contributed by atoms with Gasteiger partial charge in [-0.05, 0) is 51.0 Å². The first-order valence-electron chi connectivity index (χ1n) is 7.91. The maximum Gasteiger partial charge on any atom is 0.223 e. The van der Waals surface area contributed by atoms with E-state index in [1.165, 1.54) is 6.42 Å². The zero-order chi connectivity index (χ0) is 14.5. The molecule has 0 aromatic carbocycles. The van der Waals surface area contributed by atoms with Crippen LogP contribution >= 0.6 is 0 Å². The van der Waals surface area contributed by atoms with Crippen LogP contribution in [0.25, 0.3) is 0 Å². The minimum absolute atomic E-state index is 0.00498. The molecular formula is C15H27N3O2. The second-order valence-corrected chi connectivity index (χ2v) is 6.35. The molecule has 2 saturated carbocycles. The van der Waals surface area contributed by atoms with Crippen molar-refractivity contribution in [2.75, 3.05) is 6.54 Å². The molecule has 0 radical (unpaired) electrons. The van der Waals surface area contributed by atoms with Crippen LogP contribution in [0.15, 0.2) is 0 Å². The van der Waals surface area contributed by atoms with Crippen molar-refractivity contribution < 1.29 is 9.59 Å². The summed E-state index contributed by atoms with van der Waals surface area (Å²) < 4.78 is 0. The third-order valence-corrected chi connectivity index (χ3v) is 5.02. The van der Waals surface area contributed by atoms with Crippen LogP contribution in [0.4, 0.5) is 0 Å². The van der Waals surface area contributed by atoms with Gasteiger partial charge in [-0.15, -0.1) is 0 Å². The highest BCUT2D eigenvalue weighted by Crippen LogP contribution is 2.30.